The highest BCUT2D eigenvalue weighted by Crippen LogP contribution is 2.68. The number of carbonyl (C=O) groups excluding carboxylic acids is 1. The number of nitrogens with zero attached hydrogens (tertiary/aromatic N) is 1. The van der Waals surface area contributed by atoms with Gasteiger partial charge >= 0.3 is 5.97 Å². The Kier molecular flexibility index (Phi) is 9.56. The first-order valence-corrected chi connectivity index (χ1v) is 15.5. The van der Waals surface area contributed by atoms with Gasteiger partial charge in [-0.1, -0.05) is 78.0 Å². The van der Waals surface area contributed by atoms with Gasteiger partial charge in [-0.25, -0.2) is 4.79 Å². The molecule has 0 radical (unpaired) electrons. The molecule has 3 fully saturated rings. The van der Waals surface area contributed by atoms with Gasteiger partial charge < -0.3 is 9.64 Å². The Morgan fingerprint density at radius 2 is 1.77 bits per heavy atom. The fourth-order valence-corrected chi connectivity index (χ4v) is 9.16. The fraction of sp³-hybridized carbons (Fsp3) is 0.694. The molecule has 6 atom stereocenters. The van der Waals surface area contributed by atoms with Crippen molar-refractivity contribution in [2.75, 3.05) is 13.6 Å². The zero-order valence-corrected chi connectivity index (χ0v) is 25.6. The normalized spacial score (nSPS) is 38.2. The quantitative estimate of drug-likeness (QED) is 0.336. The van der Waals surface area contributed by atoms with Crippen LogP contribution in [-0.4, -0.2) is 30.1 Å². The topological polar surface area (TPSA) is 29.5 Å². The number of rotatable bonds is 4. The van der Waals surface area contributed by atoms with Crippen LogP contribution in [0.25, 0.3) is 0 Å². The first-order chi connectivity index (χ1) is 18.1. The number of allylic oxidation sites excluding steroid dienone is 8. The lowest BCUT2D eigenvalue weighted by Gasteiger charge is -2.59. The Morgan fingerprint density at radius 1 is 1.08 bits per heavy atom. The van der Waals surface area contributed by atoms with Gasteiger partial charge in [-0.2, -0.15) is 0 Å². The second-order valence-corrected chi connectivity index (χ2v) is 13.0. The van der Waals surface area contributed by atoms with E-state index in [1.807, 2.05) is 26.0 Å². The first kappa shape index (κ1) is 31.5. The summed E-state index contributed by atoms with van der Waals surface area (Å²) in [6.45, 7) is 20.2. The zero-order valence-electron chi connectivity index (χ0n) is 25.6. The predicted octanol–water partition coefficient (Wildman–Crippen LogP) is 9.58. The van der Waals surface area contributed by atoms with E-state index in [9.17, 15) is 4.79 Å². The van der Waals surface area contributed by atoms with Gasteiger partial charge in [-0.05, 0) is 106 Å². The van der Waals surface area contributed by atoms with Crippen molar-refractivity contribution in [3.05, 3.63) is 58.9 Å². The first-order valence-electron chi connectivity index (χ1n) is 15.5. The van der Waals surface area contributed by atoms with Crippen LogP contribution in [0.4, 0.5) is 0 Å². The van der Waals surface area contributed by atoms with E-state index in [1.165, 1.54) is 56.2 Å². The third kappa shape index (κ3) is 5.02. The van der Waals surface area contributed by atoms with Gasteiger partial charge in [-0.15, -0.1) is 0 Å². The summed E-state index contributed by atoms with van der Waals surface area (Å²) < 4.78 is 6.55. The molecular weight excluding hydrogens is 478 g/mol. The van der Waals surface area contributed by atoms with Crippen LogP contribution in [0, 0.1) is 28.6 Å². The molecule has 0 saturated heterocycles. The van der Waals surface area contributed by atoms with E-state index < -0.39 is 5.60 Å². The van der Waals surface area contributed by atoms with Gasteiger partial charge in [0.15, 0.2) is 0 Å². The smallest absolute Gasteiger partial charge is 0.336 e. The van der Waals surface area contributed by atoms with Crippen molar-refractivity contribution in [2.24, 2.45) is 28.6 Å². The largest absolute Gasteiger partial charge is 0.455 e. The summed E-state index contributed by atoms with van der Waals surface area (Å²) in [5.74, 6) is 2.04. The Labute approximate surface area is 240 Å². The average molecular weight is 536 g/mol. The van der Waals surface area contributed by atoms with Crippen molar-refractivity contribution in [2.45, 2.75) is 119 Å². The van der Waals surface area contributed by atoms with Crippen molar-refractivity contribution < 1.29 is 9.53 Å². The Morgan fingerprint density at radius 3 is 2.41 bits per heavy atom. The zero-order chi connectivity index (χ0) is 27.9. The molecule has 0 bridgehead atoms. The Balaban J connectivity index is 0.00000137. The average Bonchev–Trinajstić information content (AvgIpc) is 3.18. The molecule has 0 aromatic rings. The molecule has 5 rings (SSSR count). The summed E-state index contributed by atoms with van der Waals surface area (Å²) in [4.78, 5) is 15.8. The summed E-state index contributed by atoms with van der Waals surface area (Å²) in [7, 11) is 2.06. The molecule has 3 heteroatoms. The van der Waals surface area contributed by atoms with Gasteiger partial charge in [0.05, 0.1) is 5.57 Å². The molecule has 39 heavy (non-hydrogen) atoms. The maximum atomic E-state index is 13.6. The third-order valence-electron chi connectivity index (χ3n) is 11.6. The molecule has 0 aromatic carbocycles. The van der Waals surface area contributed by atoms with E-state index in [-0.39, 0.29) is 18.8 Å². The lowest BCUT2D eigenvalue weighted by Crippen LogP contribution is -2.55. The van der Waals surface area contributed by atoms with Gasteiger partial charge in [0.1, 0.15) is 5.60 Å². The molecule has 6 unspecified atom stereocenters. The molecule has 218 valence electrons. The third-order valence-corrected chi connectivity index (χ3v) is 11.6. The minimum atomic E-state index is -0.399. The van der Waals surface area contributed by atoms with Crippen LogP contribution in [0.2, 0.25) is 0 Å². The van der Waals surface area contributed by atoms with Crippen LogP contribution >= 0.6 is 0 Å². The molecule has 0 aromatic heterocycles. The van der Waals surface area contributed by atoms with E-state index in [2.05, 4.69) is 65.3 Å². The predicted molar refractivity (Wildman–Crippen MR) is 166 cm³/mol. The number of hydrogen-bond donors (Lipinski definition) is 0. The van der Waals surface area contributed by atoms with Crippen LogP contribution < -0.4 is 0 Å². The van der Waals surface area contributed by atoms with Crippen molar-refractivity contribution >= 4 is 5.97 Å². The molecule has 1 aliphatic heterocycles. The number of likely N-dealkylation sites (N-methyl/N-ethyl adjacent to an activating group) is 1. The molecule has 3 saturated carbocycles. The minimum Gasteiger partial charge on any atom is -0.455 e. The monoisotopic (exact) mass is 535 g/mol. The van der Waals surface area contributed by atoms with Crippen LogP contribution in [0.5, 0.6) is 0 Å². The van der Waals surface area contributed by atoms with Gasteiger partial charge in [0, 0.05) is 24.7 Å². The molecule has 3 nitrogen and oxygen atoms in total. The van der Waals surface area contributed by atoms with Gasteiger partial charge in [0.2, 0.25) is 0 Å². The summed E-state index contributed by atoms with van der Waals surface area (Å²) in [6.07, 6.45) is 19.3. The number of hydrogen-bond acceptors (Lipinski definition) is 3. The summed E-state index contributed by atoms with van der Waals surface area (Å²) >= 11 is 0. The molecule has 0 spiro atoms. The maximum absolute atomic E-state index is 13.6. The lowest BCUT2D eigenvalue weighted by molar-refractivity contribution is -0.176. The number of carbonyl (C=O) groups is 1. The van der Waals surface area contributed by atoms with Crippen molar-refractivity contribution in [1.82, 2.24) is 4.90 Å². The fourth-order valence-electron chi connectivity index (χ4n) is 9.16. The molecule has 0 N–H and O–H groups in total. The van der Waals surface area contributed by atoms with Crippen molar-refractivity contribution in [1.29, 1.82) is 0 Å². The second kappa shape index (κ2) is 11.8. The highest BCUT2D eigenvalue weighted by Gasteiger charge is 2.64. The van der Waals surface area contributed by atoms with Crippen LogP contribution in [-0.2, 0) is 9.53 Å². The van der Waals surface area contributed by atoms with E-state index >= 15 is 0 Å². The van der Waals surface area contributed by atoms with Crippen LogP contribution in [0.3, 0.4) is 0 Å². The summed E-state index contributed by atoms with van der Waals surface area (Å²) in [5.41, 5.74) is 6.30. The highest BCUT2D eigenvalue weighted by molar-refractivity contribution is 5.90. The second-order valence-electron chi connectivity index (χ2n) is 13.0. The number of fused-ring (bicyclic) bond motifs is 5. The van der Waals surface area contributed by atoms with Crippen LogP contribution in [0.1, 0.15) is 114 Å². The maximum Gasteiger partial charge on any atom is 0.336 e. The number of esters is 1. The standard InChI is InChI=1S/C33H47NO2.C2H6.CH4/c1-8-22-13-16-31(4)25(19-22)11-12-26-27(31)14-17-32(5)28(26)15-18-33(32,6)36-30(35)24-20-23(9-2)29(10-3)34(7)21-24;1-2;/h8-9,19-20,26-28H,2,10-18,21H2,1,3-7H3;1-2H3;1H4. The molecule has 4 aliphatic carbocycles. The van der Waals surface area contributed by atoms with Gasteiger partial charge in [-0.3, -0.25) is 0 Å². The Bertz CT molecular complexity index is 1080. The molecular formula is C36H57NO2. The number of ether oxygens (including phenoxy) is 1. The Hall–Kier alpha value is -2.03. The van der Waals surface area contributed by atoms with E-state index in [4.69, 9.17) is 4.74 Å². The molecule has 0 amide bonds. The van der Waals surface area contributed by atoms with E-state index in [0.717, 1.165) is 35.8 Å². The minimum absolute atomic E-state index is 0. The summed E-state index contributed by atoms with van der Waals surface area (Å²) in [6, 6.07) is 0. The van der Waals surface area contributed by atoms with E-state index in [1.54, 1.807) is 5.57 Å². The molecule has 1 heterocycles. The highest BCUT2D eigenvalue weighted by atomic mass is 16.6. The van der Waals surface area contributed by atoms with Gasteiger partial charge in [0.25, 0.3) is 0 Å². The SMILES string of the molecule is C.C=CC1=C(CC)N(C)CC(C(=O)OC2(C)CCC3C4CCC5=CC(=CC)CCC5(C)C4CCC32C)=C1.CC. The van der Waals surface area contributed by atoms with Crippen LogP contribution in [0.15, 0.2) is 58.9 Å². The van der Waals surface area contributed by atoms with Crippen molar-refractivity contribution in [3.8, 4) is 0 Å². The van der Waals surface area contributed by atoms with Crippen molar-refractivity contribution in [3.63, 3.8) is 0 Å². The summed E-state index contributed by atoms with van der Waals surface area (Å²) in [5, 5.41) is 0. The lowest BCUT2D eigenvalue weighted by atomic mass is 9.46. The molecule has 5 aliphatic rings. The van der Waals surface area contributed by atoms with E-state index in [0.29, 0.717) is 17.9 Å².